The van der Waals surface area contributed by atoms with Gasteiger partial charge in [0.1, 0.15) is 0 Å². The Morgan fingerprint density at radius 3 is 2.55 bits per heavy atom. The Bertz CT molecular complexity index is 186. The van der Waals surface area contributed by atoms with E-state index in [2.05, 4.69) is 0 Å². The number of rotatable bonds is 1. The summed E-state index contributed by atoms with van der Waals surface area (Å²) in [5, 5.41) is 0. The number of carbonyl (C=O) groups is 1. The first-order chi connectivity index (χ1) is 5.02. The van der Waals surface area contributed by atoms with Crippen LogP contribution in [0.1, 0.15) is 6.42 Å². The zero-order chi connectivity index (χ0) is 8.48. The molecule has 0 aromatic heterocycles. The largest absolute Gasteiger partial charge is 0.490 e. The van der Waals surface area contributed by atoms with Crippen molar-refractivity contribution >= 4 is 40.6 Å². The summed E-state index contributed by atoms with van der Waals surface area (Å²) in [7, 11) is 0. The monoisotopic (exact) mass is 214 g/mol. The van der Waals surface area contributed by atoms with Crippen molar-refractivity contribution < 1.29 is 9.53 Å². The van der Waals surface area contributed by atoms with Gasteiger partial charge in [-0.3, -0.25) is 4.79 Å². The Labute approximate surface area is 79.1 Å². The minimum absolute atomic E-state index is 0.479. The molecular weight excluding hydrogens is 210 g/mol. The first-order valence-corrected chi connectivity index (χ1v) is 4.06. The maximum absolute atomic E-state index is 11.1. The minimum atomic E-state index is -1.86. The second-order valence-electron chi connectivity index (χ2n) is 2.09. The highest BCUT2D eigenvalue weighted by molar-refractivity contribution is 6.76. The van der Waals surface area contributed by atoms with Crippen LogP contribution >= 0.6 is 34.8 Å². The second-order valence-corrected chi connectivity index (χ2v) is 4.38. The Balaban J connectivity index is 2.55. The van der Waals surface area contributed by atoms with Crippen LogP contribution < -0.4 is 0 Å². The molecule has 1 aliphatic heterocycles. The van der Waals surface area contributed by atoms with Gasteiger partial charge in [0.05, 0.1) is 6.26 Å². The zero-order valence-corrected chi connectivity index (χ0v) is 7.66. The number of alkyl halides is 3. The smallest absolute Gasteiger partial charge is 0.252 e. The fourth-order valence-electron chi connectivity index (χ4n) is 0.736. The van der Waals surface area contributed by atoms with Gasteiger partial charge in [0.25, 0.3) is 3.79 Å². The van der Waals surface area contributed by atoms with E-state index in [0.717, 1.165) is 0 Å². The van der Waals surface area contributed by atoms with E-state index in [1.54, 1.807) is 6.08 Å². The molecule has 1 unspecified atom stereocenters. The van der Waals surface area contributed by atoms with Crippen LogP contribution in [0.15, 0.2) is 12.3 Å². The summed E-state index contributed by atoms with van der Waals surface area (Å²) in [6, 6.07) is 0. The van der Waals surface area contributed by atoms with E-state index in [1.165, 1.54) is 6.26 Å². The van der Waals surface area contributed by atoms with Gasteiger partial charge in [-0.2, -0.15) is 0 Å². The molecule has 0 saturated heterocycles. The lowest BCUT2D eigenvalue weighted by Crippen LogP contribution is -2.31. The normalized spacial score (nSPS) is 23.4. The average molecular weight is 215 g/mol. The standard InChI is InChI=1S/C6H5Cl3O2/c7-6(8,9)5(10)4-2-1-3-11-4/h1,3-4H,2H2. The fourth-order valence-corrected chi connectivity index (χ4v) is 1.10. The Kier molecular flexibility index (Phi) is 2.68. The molecule has 1 heterocycles. The lowest BCUT2D eigenvalue weighted by molar-refractivity contribution is -0.125. The van der Waals surface area contributed by atoms with Gasteiger partial charge in [0, 0.05) is 6.42 Å². The van der Waals surface area contributed by atoms with Crippen molar-refractivity contribution in [3.63, 3.8) is 0 Å². The summed E-state index contributed by atoms with van der Waals surface area (Å²) in [6.45, 7) is 0. The molecule has 0 fully saturated rings. The van der Waals surface area contributed by atoms with Crippen LogP contribution in [-0.4, -0.2) is 15.7 Å². The highest BCUT2D eigenvalue weighted by Gasteiger charge is 2.38. The molecule has 1 rings (SSSR count). The Hall–Kier alpha value is 0.0800. The molecule has 0 aromatic rings. The van der Waals surface area contributed by atoms with Gasteiger partial charge in [0.15, 0.2) is 6.10 Å². The van der Waals surface area contributed by atoms with E-state index >= 15 is 0 Å². The van der Waals surface area contributed by atoms with Crippen molar-refractivity contribution in [2.45, 2.75) is 16.3 Å². The van der Waals surface area contributed by atoms with Crippen LogP contribution in [-0.2, 0) is 9.53 Å². The first-order valence-electron chi connectivity index (χ1n) is 2.93. The third-order valence-corrected chi connectivity index (χ3v) is 1.82. The number of hydrogen-bond donors (Lipinski definition) is 0. The van der Waals surface area contributed by atoms with Crippen LogP contribution in [0, 0.1) is 0 Å². The summed E-state index contributed by atoms with van der Waals surface area (Å²) in [5.41, 5.74) is 0. The van der Waals surface area contributed by atoms with Crippen molar-refractivity contribution in [3.8, 4) is 0 Å². The van der Waals surface area contributed by atoms with Gasteiger partial charge in [0.2, 0.25) is 5.78 Å². The maximum Gasteiger partial charge on any atom is 0.252 e. The van der Waals surface area contributed by atoms with Crippen LogP contribution in [0.3, 0.4) is 0 Å². The van der Waals surface area contributed by atoms with Crippen LogP contribution in [0.25, 0.3) is 0 Å². The maximum atomic E-state index is 11.1. The summed E-state index contributed by atoms with van der Waals surface area (Å²) < 4.78 is 2.99. The van der Waals surface area contributed by atoms with Crippen LogP contribution in [0.2, 0.25) is 0 Å². The van der Waals surface area contributed by atoms with Gasteiger partial charge in [-0.15, -0.1) is 0 Å². The number of hydrogen-bond acceptors (Lipinski definition) is 2. The summed E-state index contributed by atoms with van der Waals surface area (Å²) >= 11 is 16.0. The summed E-state index contributed by atoms with van der Waals surface area (Å²) in [4.78, 5) is 11.1. The van der Waals surface area contributed by atoms with Gasteiger partial charge in [-0.1, -0.05) is 34.8 Å². The summed E-state index contributed by atoms with van der Waals surface area (Å²) in [6.07, 6.45) is 2.99. The van der Waals surface area contributed by atoms with Crippen molar-refractivity contribution in [3.05, 3.63) is 12.3 Å². The van der Waals surface area contributed by atoms with E-state index in [-0.39, 0.29) is 0 Å². The predicted molar refractivity (Wildman–Crippen MR) is 43.9 cm³/mol. The Morgan fingerprint density at radius 1 is 1.55 bits per heavy atom. The number of Topliss-reactive ketones (excluding diaryl/α,β-unsaturated/α-hetero) is 1. The van der Waals surface area contributed by atoms with Crippen molar-refractivity contribution in [2.75, 3.05) is 0 Å². The van der Waals surface area contributed by atoms with Crippen molar-refractivity contribution in [2.24, 2.45) is 0 Å². The molecule has 62 valence electrons. The molecule has 0 saturated carbocycles. The van der Waals surface area contributed by atoms with E-state index < -0.39 is 15.7 Å². The molecule has 1 atom stereocenters. The Morgan fingerprint density at radius 2 is 2.18 bits per heavy atom. The van der Waals surface area contributed by atoms with Crippen LogP contribution in [0.4, 0.5) is 0 Å². The third kappa shape index (κ3) is 2.26. The average Bonchev–Trinajstić information content (AvgIpc) is 2.34. The first kappa shape index (κ1) is 9.17. The minimum Gasteiger partial charge on any atom is -0.490 e. The predicted octanol–water partition coefficient (Wildman–Crippen LogP) is 2.23. The quantitative estimate of drug-likeness (QED) is 0.627. The van der Waals surface area contributed by atoms with Gasteiger partial charge in [-0.25, -0.2) is 0 Å². The molecule has 0 aliphatic carbocycles. The molecule has 5 heteroatoms. The van der Waals surface area contributed by atoms with Gasteiger partial charge in [-0.05, 0) is 6.08 Å². The molecule has 0 radical (unpaired) electrons. The number of carbonyl (C=O) groups excluding carboxylic acids is 1. The van der Waals surface area contributed by atoms with E-state index in [4.69, 9.17) is 39.5 Å². The zero-order valence-electron chi connectivity index (χ0n) is 5.39. The topological polar surface area (TPSA) is 26.3 Å². The SMILES string of the molecule is O=C(C1CC=CO1)C(Cl)(Cl)Cl. The van der Waals surface area contributed by atoms with Crippen molar-refractivity contribution in [1.29, 1.82) is 0 Å². The molecule has 1 aliphatic rings. The number of halogens is 3. The molecule has 11 heavy (non-hydrogen) atoms. The molecule has 0 aromatic carbocycles. The third-order valence-electron chi connectivity index (χ3n) is 1.26. The van der Waals surface area contributed by atoms with Gasteiger partial charge >= 0.3 is 0 Å². The van der Waals surface area contributed by atoms with E-state index in [9.17, 15) is 4.79 Å². The highest BCUT2D eigenvalue weighted by Crippen LogP contribution is 2.31. The molecule has 0 amide bonds. The molecule has 2 nitrogen and oxygen atoms in total. The lowest BCUT2D eigenvalue weighted by Gasteiger charge is -2.14. The van der Waals surface area contributed by atoms with E-state index in [0.29, 0.717) is 6.42 Å². The molecule has 0 N–H and O–H groups in total. The summed E-state index contributed by atoms with van der Waals surface area (Å²) in [5.74, 6) is -0.521. The lowest BCUT2D eigenvalue weighted by atomic mass is 10.2. The van der Waals surface area contributed by atoms with Crippen LogP contribution in [0.5, 0.6) is 0 Å². The van der Waals surface area contributed by atoms with Crippen molar-refractivity contribution in [1.82, 2.24) is 0 Å². The highest BCUT2D eigenvalue weighted by atomic mass is 35.6. The fraction of sp³-hybridized carbons (Fsp3) is 0.500. The number of ketones is 1. The number of ether oxygens (including phenoxy) is 1. The molecule has 0 spiro atoms. The molecule has 0 bridgehead atoms. The van der Waals surface area contributed by atoms with Gasteiger partial charge < -0.3 is 4.74 Å². The second kappa shape index (κ2) is 3.21. The molecular formula is C6H5Cl3O2. The van der Waals surface area contributed by atoms with E-state index in [1.807, 2.05) is 0 Å².